The fourth-order valence-electron chi connectivity index (χ4n) is 2.07. The van der Waals surface area contributed by atoms with Crippen LogP contribution in [0.1, 0.15) is 66.7 Å². The standard InChI is InChI=1S/C19H40O4/c1-6-9-10-18(7-2)17-22-14-13-20-11-12-21-15-16-23-19(4,5)8-3/h18H,6-17H2,1-5H3. The lowest BCUT2D eigenvalue weighted by atomic mass is 10.0. The van der Waals surface area contributed by atoms with E-state index < -0.39 is 0 Å². The molecule has 0 radical (unpaired) electrons. The number of ether oxygens (including phenoxy) is 4. The summed E-state index contributed by atoms with van der Waals surface area (Å²) in [5.74, 6) is 0.700. The molecule has 4 nitrogen and oxygen atoms in total. The van der Waals surface area contributed by atoms with E-state index in [1.807, 2.05) is 0 Å². The molecule has 0 aromatic carbocycles. The zero-order chi connectivity index (χ0) is 17.4. The number of hydrogen-bond donors (Lipinski definition) is 0. The smallest absolute Gasteiger partial charge is 0.0707 e. The normalized spacial score (nSPS) is 13.4. The van der Waals surface area contributed by atoms with Crippen LogP contribution in [0.5, 0.6) is 0 Å². The van der Waals surface area contributed by atoms with Gasteiger partial charge in [0.2, 0.25) is 0 Å². The van der Waals surface area contributed by atoms with E-state index in [1.54, 1.807) is 0 Å². The van der Waals surface area contributed by atoms with E-state index in [9.17, 15) is 0 Å². The number of unbranched alkanes of at least 4 members (excludes halogenated alkanes) is 1. The molecule has 0 saturated carbocycles. The van der Waals surface area contributed by atoms with Crippen LogP contribution in [0.15, 0.2) is 0 Å². The summed E-state index contributed by atoms with van der Waals surface area (Å²) >= 11 is 0. The van der Waals surface area contributed by atoms with Crippen LogP contribution < -0.4 is 0 Å². The molecular weight excluding hydrogens is 292 g/mol. The minimum Gasteiger partial charge on any atom is -0.379 e. The maximum Gasteiger partial charge on any atom is 0.0707 e. The zero-order valence-corrected chi connectivity index (χ0v) is 16.2. The van der Waals surface area contributed by atoms with Crippen LogP contribution in [0.25, 0.3) is 0 Å². The van der Waals surface area contributed by atoms with E-state index in [0.717, 1.165) is 13.0 Å². The summed E-state index contributed by atoms with van der Waals surface area (Å²) in [7, 11) is 0. The summed E-state index contributed by atoms with van der Waals surface area (Å²) in [6, 6.07) is 0. The molecule has 0 aliphatic heterocycles. The van der Waals surface area contributed by atoms with Crippen LogP contribution in [0.4, 0.5) is 0 Å². The molecule has 140 valence electrons. The molecule has 0 aromatic heterocycles. The first kappa shape index (κ1) is 22.8. The monoisotopic (exact) mass is 332 g/mol. The predicted octanol–water partition coefficient (Wildman–Crippen LogP) is 4.46. The van der Waals surface area contributed by atoms with Crippen molar-refractivity contribution in [3.8, 4) is 0 Å². The largest absolute Gasteiger partial charge is 0.379 e. The molecular formula is C19H40O4. The van der Waals surface area contributed by atoms with Crippen molar-refractivity contribution in [3.63, 3.8) is 0 Å². The Bertz CT molecular complexity index is 244. The first-order valence-electron chi connectivity index (χ1n) is 9.42. The predicted molar refractivity (Wildman–Crippen MR) is 96.1 cm³/mol. The molecule has 0 bridgehead atoms. The second kappa shape index (κ2) is 15.4. The Balaban J connectivity index is 3.27. The van der Waals surface area contributed by atoms with Gasteiger partial charge in [0.05, 0.1) is 45.2 Å². The highest BCUT2D eigenvalue weighted by Gasteiger charge is 2.14. The summed E-state index contributed by atoms with van der Waals surface area (Å²) in [5.41, 5.74) is -0.0509. The maximum absolute atomic E-state index is 5.71. The molecule has 23 heavy (non-hydrogen) atoms. The van der Waals surface area contributed by atoms with E-state index in [4.69, 9.17) is 18.9 Å². The molecule has 0 aromatic rings. The van der Waals surface area contributed by atoms with Crippen LogP contribution in [-0.4, -0.2) is 51.8 Å². The Morgan fingerprint density at radius 1 is 0.783 bits per heavy atom. The first-order chi connectivity index (χ1) is 11.1. The third kappa shape index (κ3) is 15.1. The van der Waals surface area contributed by atoms with E-state index in [0.29, 0.717) is 45.6 Å². The molecule has 0 saturated heterocycles. The summed E-state index contributed by atoms with van der Waals surface area (Å²) in [6.45, 7) is 15.5. The van der Waals surface area contributed by atoms with Gasteiger partial charge in [0.1, 0.15) is 0 Å². The zero-order valence-electron chi connectivity index (χ0n) is 16.2. The number of rotatable bonds is 17. The minimum absolute atomic E-state index is 0.0509. The Kier molecular flexibility index (Phi) is 15.3. The highest BCUT2D eigenvalue weighted by Crippen LogP contribution is 2.13. The van der Waals surface area contributed by atoms with E-state index >= 15 is 0 Å². The molecule has 0 heterocycles. The van der Waals surface area contributed by atoms with Gasteiger partial charge in [-0.05, 0) is 32.6 Å². The van der Waals surface area contributed by atoms with E-state index in [2.05, 4.69) is 34.6 Å². The summed E-state index contributed by atoms with van der Waals surface area (Å²) < 4.78 is 22.4. The van der Waals surface area contributed by atoms with Crippen LogP contribution in [0.3, 0.4) is 0 Å². The van der Waals surface area contributed by atoms with Crippen molar-refractivity contribution >= 4 is 0 Å². The molecule has 0 rings (SSSR count). The van der Waals surface area contributed by atoms with Crippen LogP contribution >= 0.6 is 0 Å². The van der Waals surface area contributed by atoms with Crippen molar-refractivity contribution in [2.45, 2.75) is 72.3 Å². The van der Waals surface area contributed by atoms with Crippen molar-refractivity contribution in [1.29, 1.82) is 0 Å². The highest BCUT2D eigenvalue weighted by atomic mass is 16.6. The van der Waals surface area contributed by atoms with Gasteiger partial charge in [0.15, 0.2) is 0 Å². The molecule has 0 fully saturated rings. The van der Waals surface area contributed by atoms with Crippen molar-refractivity contribution < 1.29 is 18.9 Å². The second-order valence-electron chi connectivity index (χ2n) is 6.68. The van der Waals surface area contributed by atoms with Crippen LogP contribution in [-0.2, 0) is 18.9 Å². The van der Waals surface area contributed by atoms with Gasteiger partial charge in [-0.2, -0.15) is 0 Å². The van der Waals surface area contributed by atoms with Gasteiger partial charge in [-0.1, -0.05) is 40.0 Å². The lowest BCUT2D eigenvalue weighted by molar-refractivity contribution is -0.0556. The van der Waals surface area contributed by atoms with Crippen molar-refractivity contribution in [3.05, 3.63) is 0 Å². The summed E-state index contributed by atoms with van der Waals surface area (Å²) in [6.07, 6.45) is 6.05. The SMILES string of the molecule is CCCCC(CC)COCCOCCOCCOC(C)(C)CC. The topological polar surface area (TPSA) is 36.9 Å². The van der Waals surface area contributed by atoms with E-state index in [1.165, 1.54) is 25.7 Å². The maximum atomic E-state index is 5.71. The first-order valence-corrected chi connectivity index (χ1v) is 9.42. The van der Waals surface area contributed by atoms with Gasteiger partial charge < -0.3 is 18.9 Å². The lowest BCUT2D eigenvalue weighted by Crippen LogP contribution is -2.25. The summed E-state index contributed by atoms with van der Waals surface area (Å²) in [4.78, 5) is 0. The van der Waals surface area contributed by atoms with E-state index in [-0.39, 0.29) is 5.60 Å². The molecule has 0 amide bonds. The van der Waals surface area contributed by atoms with Gasteiger partial charge in [-0.25, -0.2) is 0 Å². The molecule has 0 N–H and O–H groups in total. The third-order valence-corrected chi connectivity index (χ3v) is 4.21. The average Bonchev–Trinajstić information content (AvgIpc) is 2.55. The van der Waals surface area contributed by atoms with Crippen molar-refractivity contribution in [2.75, 3.05) is 46.2 Å². The quantitative estimate of drug-likeness (QED) is 0.369. The fraction of sp³-hybridized carbons (Fsp3) is 1.00. The lowest BCUT2D eigenvalue weighted by Gasteiger charge is -2.23. The Morgan fingerprint density at radius 2 is 1.35 bits per heavy atom. The van der Waals surface area contributed by atoms with Gasteiger partial charge in [0.25, 0.3) is 0 Å². The Morgan fingerprint density at radius 3 is 1.87 bits per heavy atom. The van der Waals surface area contributed by atoms with Crippen molar-refractivity contribution in [1.82, 2.24) is 0 Å². The molecule has 0 spiro atoms. The third-order valence-electron chi connectivity index (χ3n) is 4.21. The van der Waals surface area contributed by atoms with Crippen LogP contribution in [0.2, 0.25) is 0 Å². The molecule has 4 heteroatoms. The highest BCUT2D eigenvalue weighted by molar-refractivity contribution is 4.64. The summed E-state index contributed by atoms with van der Waals surface area (Å²) in [5, 5.41) is 0. The minimum atomic E-state index is -0.0509. The van der Waals surface area contributed by atoms with Gasteiger partial charge in [-0.3, -0.25) is 0 Å². The van der Waals surface area contributed by atoms with Gasteiger partial charge >= 0.3 is 0 Å². The molecule has 1 unspecified atom stereocenters. The van der Waals surface area contributed by atoms with Crippen LogP contribution in [0, 0.1) is 5.92 Å². The molecule has 0 aliphatic carbocycles. The molecule has 1 atom stereocenters. The Hall–Kier alpha value is -0.160. The second-order valence-corrected chi connectivity index (χ2v) is 6.68. The molecule has 0 aliphatic rings. The van der Waals surface area contributed by atoms with Gasteiger partial charge in [-0.15, -0.1) is 0 Å². The van der Waals surface area contributed by atoms with Gasteiger partial charge in [0, 0.05) is 6.61 Å². The fourth-order valence-corrected chi connectivity index (χ4v) is 2.07. The average molecular weight is 333 g/mol. The Labute approximate surface area is 144 Å². The van der Waals surface area contributed by atoms with Crippen molar-refractivity contribution in [2.24, 2.45) is 5.92 Å². The number of hydrogen-bond acceptors (Lipinski definition) is 4.